The van der Waals surface area contributed by atoms with Crippen molar-refractivity contribution in [1.82, 2.24) is 5.43 Å². The Balaban J connectivity index is 2.11. The van der Waals surface area contributed by atoms with Gasteiger partial charge >= 0.3 is 5.97 Å². The third kappa shape index (κ3) is 5.65. The Morgan fingerprint density at radius 1 is 1.14 bits per heavy atom. The molecule has 9 heteroatoms. The van der Waals surface area contributed by atoms with Crippen LogP contribution in [0.1, 0.15) is 28.4 Å². The summed E-state index contributed by atoms with van der Waals surface area (Å²) in [5.74, 6) is -1.78. The highest BCUT2D eigenvalue weighted by molar-refractivity contribution is 7.92. The monoisotopic (exact) mass is 403 g/mol. The molecule has 0 aromatic heterocycles. The van der Waals surface area contributed by atoms with Crippen LogP contribution >= 0.6 is 0 Å². The third-order valence-corrected chi connectivity index (χ3v) is 5.04. The largest absolute Gasteiger partial charge is 0.478 e. The number of anilines is 1. The van der Waals surface area contributed by atoms with E-state index in [9.17, 15) is 18.0 Å². The molecule has 0 aliphatic heterocycles. The molecule has 0 aliphatic rings. The van der Waals surface area contributed by atoms with Gasteiger partial charge in [0.15, 0.2) is 0 Å². The van der Waals surface area contributed by atoms with E-state index in [2.05, 4.69) is 10.5 Å². The second-order valence-corrected chi connectivity index (χ2v) is 7.88. The fourth-order valence-electron chi connectivity index (χ4n) is 2.44. The number of carbonyl (C=O) groups excluding carboxylic acids is 1. The molecular weight excluding hydrogens is 382 g/mol. The van der Waals surface area contributed by atoms with Crippen LogP contribution in [-0.4, -0.2) is 44.4 Å². The smallest absolute Gasteiger partial charge is 0.336 e. The van der Waals surface area contributed by atoms with Gasteiger partial charge in [0.2, 0.25) is 10.0 Å². The van der Waals surface area contributed by atoms with Crippen molar-refractivity contribution in [3.8, 4) is 0 Å². The molecule has 0 fully saturated rings. The number of aryl methyl sites for hydroxylation is 1. The molecule has 0 atom stereocenters. The summed E-state index contributed by atoms with van der Waals surface area (Å²) in [4.78, 5) is 23.3. The number of carbonyl (C=O) groups is 2. The first-order valence-corrected chi connectivity index (χ1v) is 10.3. The van der Waals surface area contributed by atoms with E-state index < -0.39 is 28.4 Å². The SMILES string of the molecule is CCc1ccc(N(CC(=O)N/N=C\c2ccccc2C(=O)O)S(C)(=O)=O)cc1. The van der Waals surface area contributed by atoms with E-state index in [1.54, 1.807) is 36.4 Å². The van der Waals surface area contributed by atoms with E-state index in [-0.39, 0.29) is 5.56 Å². The Bertz CT molecular complexity index is 985. The zero-order chi connectivity index (χ0) is 20.7. The van der Waals surface area contributed by atoms with Gasteiger partial charge in [0.05, 0.1) is 23.7 Å². The Kier molecular flexibility index (Phi) is 6.89. The van der Waals surface area contributed by atoms with Gasteiger partial charge in [0.1, 0.15) is 6.54 Å². The summed E-state index contributed by atoms with van der Waals surface area (Å²) in [6.45, 7) is 1.53. The normalized spacial score (nSPS) is 11.4. The van der Waals surface area contributed by atoms with Gasteiger partial charge in [-0.2, -0.15) is 5.10 Å². The highest BCUT2D eigenvalue weighted by Gasteiger charge is 2.20. The van der Waals surface area contributed by atoms with E-state index in [0.29, 0.717) is 11.3 Å². The number of sulfonamides is 1. The lowest BCUT2D eigenvalue weighted by atomic mass is 10.1. The Labute approximate surface area is 163 Å². The van der Waals surface area contributed by atoms with Crippen molar-refractivity contribution in [2.75, 3.05) is 17.1 Å². The zero-order valence-electron chi connectivity index (χ0n) is 15.5. The molecule has 0 aliphatic carbocycles. The fraction of sp³-hybridized carbons (Fsp3) is 0.211. The highest BCUT2D eigenvalue weighted by Crippen LogP contribution is 2.18. The van der Waals surface area contributed by atoms with Crippen LogP contribution in [-0.2, 0) is 21.2 Å². The number of rotatable bonds is 8. The topological polar surface area (TPSA) is 116 Å². The van der Waals surface area contributed by atoms with Crippen molar-refractivity contribution >= 4 is 33.8 Å². The van der Waals surface area contributed by atoms with Crippen LogP contribution in [0.4, 0.5) is 5.69 Å². The quantitative estimate of drug-likeness (QED) is 0.516. The summed E-state index contributed by atoms with van der Waals surface area (Å²) in [6, 6.07) is 13.0. The van der Waals surface area contributed by atoms with Crippen molar-refractivity contribution in [3.05, 3.63) is 65.2 Å². The molecule has 0 radical (unpaired) electrons. The summed E-state index contributed by atoms with van der Waals surface area (Å²) < 4.78 is 25.1. The Morgan fingerprint density at radius 3 is 2.36 bits per heavy atom. The predicted octanol–water partition coefficient (Wildman–Crippen LogP) is 1.86. The molecule has 0 heterocycles. The van der Waals surface area contributed by atoms with E-state index >= 15 is 0 Å². The molecule has 0 unspecified atom stereocenters. The average molecular weight is 403 g/mol. The summed E-state index contributed by atoms with van der Waals surface area (Å²) in [6.07, 6.45) is 3.02. The van der Waals surface area contributed by atoms with Crippen molar-refractivity contribution < 1.29 is 23.1 Å². The summed E-state index contributed by atoms with van der Waals surface area (Å²) in [5.41, 5.74) is 3.99. The minimum Gasteiger partial charge on any atom is -0.478 e. The number of nitrogens with zero attached hydrogens (tertiary/aromatic N) is 2. The predicted molar refractivity (Wildman–Crippen MR) is 107 cm³/mol. The van der Waals surface area contributed by atoms with E-state index in [4.69, 9.17) is 5.11 Å². The molecule has 148 valence electrons. The lowest BCUT2D eigenvalue weighted by molar-refractivity contribution is -0.119. The molecule has 0 spiro atoms. The first kappa shape index (κ1) is 21.1. The minimum atomic E-state index is -3.68. The van der Waals surface area contributed by atoms with E-state index in [0.717, 1.165) is 22.5 Å². The molecule has 2 N–H and O–H groups in total. The molecule has 2 aromatic carbocycles. The van der Waals surface area contributed by atoms with Crippen LogP contribution in [0.15, 0.2) is 53.6 Å². The maximum absolute atomic E-state index is 12.2. The van der Waals surface area contributed by atoms with Gasteiger partial charge in [0.25, 0.3) is 5.91 Å². The van der Waals surface area contributed by atoms with Gasteiger partial charge in [-0.3, -0.25) is 9.10 Å². The number of aromatic carboxylic acids is 1. The molecule has 8 nitrogen and oxygen atoms in total. The molecule has 2 aromatic rings. The molecule has 0 saturated heterocycles. The van der Waals surface area contributed by atoms with Gasteiger partial charge < -0.3 is 5.11 Å². The standard InChI is InChI=1S/C19H21N3O5S/c1-3-14-8-10-16(11-9-14)22(28(2,26)27)13-18(23)21-20-12-15-6-4-5-7-17(15)19(24)25/h4-12H,3,13H2,1-2H3,(H,21,23)(H,24,25)/b20-12-. The van der Waals surface area contributed by atoms with Gasteiger partial charge in [-0.25, -0.2) is 18.6 Å². The maximum Gasteiger partial charge on any atom is 0.336 e. The van der Waals surface area contributed by atoms with Crippen LogP contribution in [0.2, 0.25) is 0 Å². The zero-order valence-corrected chi connectivity index (χ0v) is 16.3. The van der Waals surface area contributed by atoms with Crippen LogP contribution in [0.25, 0.3) is 0 Å². The first-order valence-electron chi connectivity index (χ1n) is 8.43. The summed E-state index contributed by atoms with van der Waals surface area (Å²) in [7, 11) is -3.68. The third-order valence-electron chi connectivity index (χ3n) is 3.90. The number of hydrazone groups is 1. The van der Waals surface area contributed by atoms with Gasteiger partial charge in [-0.15, -0.1) is 0 Å². The lowest BCUT2D eigenvalue weighted by Gasteiger charge is -2.21. The second-order valence-electron chi connectivity index (χ2n) is 5.98. The number of carboxylic acids is 1. The second kappa shape index (κ2) is 9.14. The lowest BCUT2D eigenvalue weighted by Crippen LogP contribution is -2.39. The highest BCUT2D eigenvalue weighted by atomic mass is 32.2. The molecule has 0 saturated carbocycles. The Morgan fingerprint density at radius 2 is 1.79 bits per heavy atom. The number of benzene rings is 2. The molecule has 28 heavy (non-hydrogen) atoms. The van der Waals surface area contributed by atoms with Crippen molar-refractivity contribution in [2.45, 2.75) is 13.3 Å². The molecule has 2 rings (SSSR count). The van der Waals surface area contributed by atoms with Crippen LogP contribution in [0, 0.1) is 0 Å². The number of amides is 1. The number of hydrogen-bond donors (Lipinski definition) is 2. The number of nitrogens with one attached hydrogen (secondary N) is 1. The molecule has 1 amide bonds. The maximum atomic E-state index is 12.2. The molecular formula is C19H21N3O5S. The van der Waals surface area contributed by atoms with Crippen molar-refractivity contribution in [1.29, 1.82) is 0 Å². The number of hydrogen-bond acceptors (Lipinski definition) is 5. The van der Waals surface area contributed by atoms with Crippen LogP contribution < -0.4 is 9.73 Å². The van der Waals surface area contributed by atoms with E-state index in [1.165, 1.54) is 18.3 Å². The fourth-order valence-corrected chi connectivity index (χ4v) is 3.30. The summed E-state index contributed by atoms with van der Waals surface area (Å²) in [5, 5.41) is 12.9. The average Bonchev–Trinajstić information content (AvgIpc) is 2.65. The minimum absolute atomic E-state index is 0.0364. The van der Waals surface area contributed by atoms with Crippen molar-refractivity contribution in [2.24, 2.45) is 5.10 Å². The van der Waals surface area contributed by atoms with Gasteiger partial charge in [-0.1, -0.05) is 37.3 Å². The van der Waals surface area contributed by atoms with E-state index in [1.807, 2.05) is 6.92 Å². The van der Waals surface area contributed by atoms with Crippen LogP contribution in [0.5, 0.6) is 0 Å². The number of carboxylic acid groups (broad SMARTS) is 1. The molecule has 0 bridgehead atoms. The summed E-state index contributed by atoms with van der Waals surface area (Å²) >= 11 is 0. The first-order chi connectivity index (χ1) is 13.2. The van der Waals surface area contributed by atoms with Crippen molar-refractivity contribution in [3.63, 3.8) is 0 Å². The van der Waals surface area contributed by atoms with Gasteiger partial charge in [-0.05, 0) is 30.2 Å². The Hall–Kier alpha value is -3.20. The van der Waals surface area contributed by atoms with Gasteiger partial charge in [0, 0.05) is 5.56 Å². The van der Waals surface area contributed by atoms with Crippen LogP contribution in [0.3, 0.4) is 0 Å².